The van der Waals surface area contributed by atoms with Gasteiger partial charge in [-0.2, -0.15) is 5.10 Å². The van der Waals surface area contributed by atoms with Crippen molar-refractivity contribution in [3.05, 3.63) is 46.3 Å². The summed E-state index contributed by atoms with van der Waals surface area (Å²) in [5, 5.41) is 4.61. The van der Waals surface area contributed by atoms with Crippen molar-refractivity contribution in [2.24, 2.45) is 5.73 Å². The molecule has 2 rings (SSSR count). The highest BCUT2D eigenvalue weighted by Gasteiger charge is 2.11. The van der Waals surface area contributed by atoms with E-state index in [4.69, 9.17) is 10.5 Å². The molecule has 1 atom stereocenters. The van der Waals surface area contributed by atoms with Gasteiger partial charge < -0.3 is 10.5 Å². The van der Waals surface area contributed by atoms with Crippen molar-refractivity contribution >= 4 is 0 Å². The van der Waals surface area contributed by atoms with Crippen molar-refractivity contribution in [3.8, 4) is 5.75 Å². The molecule has 0 radical (unpaired) electrons. The molecule has 1 aromatic carbocycles. The predicted octanol–water partition coefficient (Wildman–Crippen LogP) is 2.75. The maximum absolute atomic E-state index is 5.90. The summed E-state index contributed by atoms with van der Waals surface area (Å²) < 4.78 is 7.52. The first-order chi connectivity index (χ1) is 9.92. The average molecular weight is 287 g/mol. The van der Waals surface area contributed by atoms with Crippen LogP contribution in [-0.4, -0.2) is 22.9 Å². The number of hydrogen-bond acceptors (Lipinski definition) is 3. The topological polar surface area (TPSA) is 53.1 Å². The lowest BCUT2D eigenvalue weighted by molar-refractivity contribution is 0.407. The molecule has 21 heavy (non-hydrogen) atoms. The minimum atomic E-state index is 0.155. The Morgan fingerprint density at radius 2 is 2.00 bits per heavy atom. The van der Waals surface area contributed by atoms with Crippen LogP contribution in [0.2, 0.25) is 0 Å². The number of rotatable bonds is 5. The molecule has 2 aromatic rings. The van der Waals surface area contributed by atoms with Crippen molar-refractivity contribution in [1.29, 1.82) is 0 Å². The van der Waals surface area contributed by atoms with Crippen LogP contribution >= 0.6 is 0 Å². The average Bonchev–Trinajstić information content (AvgIpc) is 2.66. The molecule has 1 aromatic heterocycles. The second-order valence-corrected chi connectivity index (χ2v) is 5.78. The third-order valence-electron chi connectivity index (χ3n) is 3.97. The Morgan fingerprint density at radius 1 is 1.29 bits per heavy atom. The maximum Gasteiger partial charge on any atom is 0.123 e. The minimum absolute atomic E-state index is 0.155. The van der Waals surface area contributed by atoms with Crippen molar-refractivity contribution in [2.45, 2.75) is 46.7 Å². The molecule has 0 fully saturated rings. The van der Waals surface area contributed by atoms with Crippen molar-refractivity contribution in [1.82, 2.24) is 9.78 Å². The highest BCUT2D eigenvalue weighted by molar-refractivity contribution is 5.38. The van der Waals surface area contributed by atoms with Gasteiger partial charge in [0, 0.05) is 17.3 Å². The van der Waals surface area contributed by atoms with Crippen LogP contribution in [0.3, 0.4) is 0 Å². The molecule has 0 aliphatic rings. The summed E-state index contributed by atoms with van der Waals surface area (Å²) in [6, 6.07) is 6.43. The molecule has 0 aliphatic carbocycles. The molecule has 0 bridgehead atoms. The Bertz CT molecular complexity index is 629. The van der Waals surface area contributed by atoms with Crippen LogP contribution in [0, 0.1) is 20.8 Å². The molecule has 0 saturated carbocycles. The van der Waals surface area contributed by atoms with Crippen LogP contribution in [-0.2, 0) is 13.0 Å². The SMILES string of the molecule is COc1ccc(CC(C)N)cc1Cn1nc(C)c(C)c1C. The van der Waals surface area contributed by atoms with E-state index in [2.05, 4.69) is 31.1 Å². The monoisotopic (exact) mass is 287 g/mol. The van der Waals surface area contributed by atoms with Crippen LogP contribution in [0.25, 0.3) is 0 Å². The Balaban J connectivity index is 2.34. The lowest BCUT2D eigenvalue weighted by Gasteiger charge is -2.13. The van der Waals surface area contributed by atoms with E-state index >= 15 is 0 Å². The van der Waals surface area contributed by atoms with Gasteiger partial charge in [0.05, 0.1) is 19.3 Å². The number of hydrogen-bond donors (Lipinski definition) is 1. The summed E-state index contributed by atoms with van der Waals surface area (Å²) in [7, 11) is 1.70. The highest BCUT2D eigenvalue weighted by atomic mass is 16.5. The second kappa shape index (κ2) is 6.31. The normalized spacial score (nSPS) is 12.5. The van der Waals surface area contributed by atoms with E-state index in [0.717, 1.165) is 30.0 Å². The van der Waals surface area contributed by atoms with Gasteiger partial charge in [0.2, 0.25) is 0 Å². The smallest absolute Gasteiger partial charge is 0.123 e. The van der Waals surface area contributed by atoms with Crippen molar-refractivity contribution in [2.75, 3.05) is 7.11 Å². The van der Waals surface area contributed by atoms with Gasteiger partial charge >= 0.3 is 0 Å². The molecule has 0 amide bonds. The summed E-state index contributed by atoms with van der Waals surface area (Å²) in [5.74, 6) is 0.897. The van der Waals surface area contributed by atoms with Gasteiger partial charge in [-0.05, 0) is 51.3 Å². The third kappa shape index (κ3) is 3.45. The summed E-state index contributed by atoms with van der Waals surface area (Å²) in [4.78, 5) is 0. The number of aryl methyl sites for hydroxylation is 1. The fourth-order valence-corrected chi connectivity index (χ4v) is 2.56. The zero-order chi connectivity index (χ0) is 15.6. The Hall–Kier alpha value is -1.81. The zero-order valence-electron chi connectivity index (χ0n) is 13.6. The maximum atomic E-state index is 5.90. The summed E-state index contributed by atoms with van der Waals surface area (Å²) in [5.41, 5.74) is 11.8. The van der Waals surface area contributed by atoms with Gasteiger partial charge in [-0.15, -0.1) is 0 Å². The van der Waals surface area contributed by atoms with E-state index in [0.29, 0.717) is 0 Å². The summed E-state index contributed by atoms with van der Waals surface area (Å²) >= 11 is 0. The van der Waals surface area contributed by atoms with Crippen molar-refractivity contribution in [3.63, 3.8) is 0 Å². The molecule has 0 spiro atoms. The molecule has 4 heteroatoms. The van der Waals surface area contributed by atoms with Crippen LogP contribution in [0.15, 0.2) is 18.2 Å². The van der Waals surface area contributed by atoms with Gasteiger partial charge in [-0.3, -0.25) is 4.68 Å². The molecule has 4 nitrogen and oxygen atoms in total. The largest absolute Gasteiger partial charge is 0.496 e. The molecule has 1 unspecified atom stereocenters. The first-order valence-corrected chi connectivity index (χ1v) is 7.34. The predicted molar refractivity (Wildman–Crippen MR) is 85.9 cm³/mol. The van der Waals surface area contributed by atoms with Crippen LogP contribution in [0.1, 0.15) is 35.0 Å². The number of methoxy groups -OCH3 is 1. The number of aromatic nitrogens is 2. The van der Waals surface area contributed by atoms with E-state index in [1.165, 1.54) is 16.8 Å². The van der Waals surface area contributed by atoms with E-state index in [1.54, 1.807) is 7.11 Å². The number of ether oxygens (including phenoxy) is 1. The Morgan fingerprint density at radius 3 is 2.52 bits per heavy atom. The van der Waals surface area contributed by atoms with Gasteiger partial charge in [-0.1, -0.05) is 12.1 Å². The zero-order valence-corrected chi connectivity index (χ0v) is 13.6. The first-order valence-electron chi connectivity index (χ1n) is 7.34. The summed E-state index contributed by atoms with van der Waals surface area (Å²) in [6.07, 6.45) is 0.868. The number of nitrogens with two attached hydrogens (primary N) is 1. The quantitative estimate of drug-likeness (QED) is 0.920. The lowest BCUT2D eigenvalue weighted by atomic mass is 10.0. The number of nitrogens with zero attached hydrogens (tertiary/aromatic N) is 2. The molecule has 2 N–H and O–H groups in total. The molecule has 0 aliphatic heterocycles. The Labute approximate surface area is 126 Å². The molecule has 114 valence electrons. The van der Waals surface area contributed by atoms with E-state index in [-0.39, 0.29) is 6.04 Å². The van der Waals surface area contributed by atoms with Gasteiger partial charge in [0.1, 0.15) is 5.75 Å². The van der Waals surface area contributed by atoms with E-state index < -0.39 is 0 Å². The fourth-order valence-electron chi connectivity index (χ4n) is 2.56. The van der Waals surface area contributed by atoms with Gasteiger partial charge in [-0.25, -0.2) is 0 Å². The van der Waals surface area contributed by atoms with Gasteiger partial charge in [0.15, 0.2) is 0 Å². The Kier molecular flexibility index (Phi) is 4.68. The molecule has 0 saturated heterocycles. The fraction of sp³-hybridized carbons (Fsp3) is 0.471. The number of benzene rings is 1. The lowest BCUT2D eigenvalue weighted by Crippen LogP contribution is -2.18. The van der Waals surface area contributed by atoms with E-state index in [9.17, 15) is 0 Å². The minimum Gasteiger partial charge on any atom is -0.496 e. The standard InChI is InChI=1S/C17H25N3O/c1-11(18)8-15-6-7-17(21-5)16(9-15)10-20-14(4)12(2)13(3)19-20/h6-7,9,11H,8,10,18H2,1-5H3. The van der Waals surface area contributed by atoms with Gasteiger partial charge in [0.25, 0.3) is 0 Å². The molecular weight excluding hydrogens is 262 g/mol. The molecule has 1 heterocycles. The summed E-state index contributed by atoms with van der Waals surface area (Å²) in [6.45, 7) is 9.00. The van der Waals surface area contributed by atoms with Crippen LogP contribution < -0.4 is 10.5 Å². The second-order valence-electron chi connectivity index (χ2n) is 5.78. The first kappa shape index (κ1) is 15.6. The third-order valence-corrected chi connectivity index (χ3v) is 3.97. The highest BCUT2D eigenvalue weighted by Crippen LogP contribution is 2.23. The van der Waals surface area contributed by atoms with Crippen molar-refractivity contribution < 1.29 is 4.74 Å². The molecular formula is C17H25N3O. The van der Waals surface area contributed by atoms with Crippen LogP contribution in [0.5, 0.6) is 5.75 Å². The van der Waals surface area contributed by atoms with Crippen LogP contribution in [0.4, 0.5) is 0 Å². The van der Waals surface area contributed by atoms with E-state index in [1.807, 2.05) is 24.6 Å².